The molecule has 0 aromatic carbocycles. The van der Waals surface area contributed by atoms with E-state index < -0.39 is 130 Å². The Morgan fingerprint density at radius 3 is 1.82 bits per heavy atom. The van der Waals surface area contributed by atoms with Crippen LogP contribution in [0.4, 0.5) is 0 Å². The van der Waals surface area contributed by atoms with Gasteiger partial charge in [0.1, 0.15) is 73.2 Å². The molecule has 8 aliphatic rings. The van der Waals surface area contributed by atoms with E-state index in [0.29, 0.717) is 25.2 Å². The molecule has 65 heavy (non-hydrogen) atoms. The standard InChI is InChI=1S/C45H76O20/c1-18(17-59-40-36(56)33(53)29(49)24(14-46)61-40)7-12-45(58)19(2)27-38(65-45)32(52)28-22-6-5-20-13-21(8-10-43(20,3)23(22)9-11-44(27,28)4)60-42-39(35(55)31(51)26(16-48)63-42)64-41-37(57)34(54)30(50)25(15-47)62-41/h18-42,46-58H,5-17H2,1-4H3/t18-,19-,20+,21-,22+,23-,24+,25+,26+,27-,28+,29+,30+,31-,32?,33-,34-,35-,36+,37+,38+,39+,40+,41-,42+,43-,44+,45?/m0/s1. The Morgan fingerprint density at radius 1 is 0.615 bits per heavy atom. The lowest BCUT2D eigenvalue weighted by Gasteiger charge is -2.61. The molecule has 28 atom stereocenters. The van der Waals surface area contributed by atoms with Crippen molar-refractivity contribution < 1.29 is 99.5 Å². The van der Waals surface area contributed by atoms with Crippen molar-refractivity contribution in [3.63, 3.8) is 0 Å². The van der Waals surface area contributed by atoms with Gasteiger partial charge in [0.2, 0.25) is 0 Å². The van der Waals surface area contributed by atoms with Gasteiger partial charge in [0, 0.05) is 18.3 Å². The summed E-state index contributed by atoms with van der Waals surface area (Å²) in [6.07, 6.45) is -17.3. The minimum absolute atomic E-state index is 0.0276. The monoisotopic (exact) mass is 936 g/mol. The van der Waals surface area contributed by atoms with Gasteiger partial charge in [-0.3, -0.25) is 0 Å². The number of ether oxygens (including phenoxy) is 7. The third kappa shape index (κ3) is 8.78. The molecule has 4 saturated carbocycles. The van der Waals surface area contributed by atoms with Crippen molar-refractivity contribution in [2.45, 2.75) is 202 Å². The summed E-state index contributed by atoms with van der Waals surface area (Å²) in [5.41, 5.74) is -0.356. The Hall–Kier alpha value is -0.800. The van der Waals surface area contributed by atoms with Gasteiger partial charge in [-0.05, 0) is 91.8 Å². The molecular formula is C45H76O20. The number of fused-ring (bicyclic) bond motifs is 7. The van der Waals surface area contributed by atoms with Gasteiger partial charge in [0.25, 0.3) is 0 Å². The van der Waals surface area contributed by atoms with Gasteiger partial charge in [0.05, 0.1) is 44.7 Å². The molecule has 0 aromatic rings. The zero-order valence-corrected chi connectivity index (χ0v) is 37.8. The maximum Gasteiger partial charge on any atom is 0.187 e. The topological polar surface area (TPSA) is 328 Å². The number of aliphatic hydroxyl groups excluding tert-OH is 12. The molecule has 4 aliphatic heterocycles. The second kappa shape index (κ2) is 19.4. The Balaban J connectivity index is 0.885. The van der Waals surface area contributed by atoms with E-state index in [2.05, 4.69) is 13.8 Å². The van der Waals surface area contributed by atoms with Crippen LogP contribution in [-0.4, -0.2) is 209 Å². The van der Waals surface area contributed by atoms with E-state index in [1.165, 1.54) is 0 Å². The zero-order chi connectivity index (χ0) is 47.1. The van der Waals surface area contributed by atoms with Crippen LogP contribution in [0.2, 0.25) is 0 Å². The van der Waals surface area contributed by atoms with Gasteiger partial charge in [-0.2, -0.15) is 0 Å². The molecule has 20 nitrogen and oxygen atoms in total. The average molecular weight is 937 g/mol. The molecule has 0 bridgehead atoms. The molecule has 0 radical (unpaired) electrons. The first kappa shape index (κ1) is 50.6. The van der Waals surface area contributed by atoms with Crippen molar-refractivity contribution in [1.82, 2.24) is 0 Å². The Kier molecular flexibility index (Phi) is 15.1. The van der Waals surface area contributed by atoms with Crippen LogP contribution in [-0.2, 0) is 33.2 Å². The molecule has 13 N–H and O–H groups in total. The summed E-state index contributed by atoms with van der Waals surface area (Å²) in [5.74, 6) is -1.18. The van der Waals surface area contributed by atoms with E-state index in [1.54, 1.807) is 0 Å². The number of rotatable bonds is 13. The van der Waals surface area contributed by atoms with Gasteiger partial charge in [-0.15, -0.1) is 0 Å². The number of hydrogen-bond donors (Lipinski definition) is 13. The third-order valence-corrected chi connectivity index (χ3v) is 18.0. The van der Waals surface area contributed by atoms with Crippen molar-refractivity contribution in [3.8, 4) is 0 Å². The van der Waals surface area contributed by atoms with E-state index >= 15 is 0 Å². The summed E-state index contributed by atoms with van der Waals surface area (Å²) in [5, 5.41) is 137. The maximum absolute atomic E-state index is 12.2. The van der Waals surface area contributed by atoms with Gasteiger partial charge < -0.3 is 99.5 Å². The van der Waals surface area contributed by atoms with E-state index in [0.717, 1.165) is 32.1 Å². The molecule has 20 heteroatoms. The smallest absolute Gasteiger partial charge is 0.187 e. The minimum atomic E-state index is -1.77. The molecule has 4 heterocycles. The molecule has 2 unspecified atom stereocenters. The average Bonchev–Trinajstić information content (AvgIpc) is 3.69. The SMILES string of the molecule is C[C@@H](CCC1(O)O[C@H]2C(O)[C@H]3[C@@H]4CC[C@@H]5C[C@@H](O[C@@H]6O[C@H](CO)[C@H](O)[C@H](O)[C@H]6O[C@@H]6O[C@H](CO)[C@@H](O)[C@H](O)[C@H]6O)CC[C@]5(C)[C@H]4CC[C@]3(C)[C@H]2[C@@H]1C)CO[C@@H]1O[C@H](CO)[C@@H](O)[C@H](O)[C@H]1O. The summed E-state index contributed by atoms with van der Waals surface area (Å²) in [6.45, 7) is 6.79. The van der Waals surface area contributed by atoms with Crippen LogP contribution in [0.1, 0.15) is 85.5 Å². The van der Waals surface area contributed by atoms with Crippen molar-refractivity contribution in [2.24, 2.45) is 52.3 Å². The second-order valence-electron chi connectivity index (χ2n) is 21.6. The quantitative estimate of drug-likeness (QED) is 0.0829. The highest BCUT2D eigenvalue weighted by Gasteiger charge is 2.71. The third-order valence-electron chi connectivity index (χ3n) is 18.0. The summed E-state index contributed by atoms with van der Waals surface area (Å²) in [6, 6.07) is 0. The fourth-order valence-electron chi connectivity index (χ4n) is 14.2. The summed E-state index contributed by atoms with van der Waals surface area (Å²) < 4.78 is 41.7. The zero-order valence-electron chi connectivity index (χ0n) is 37.8. The lowest BCUT2D eigenvalue weighted by molar-refractivity contribution is -0.373. The largest absolute Gasteiger partial charge is 0.394 e. The first-order chi connectivity index (χ1) is 30.7. The lowest BCUT2D eigenvalue weighted by atomic mass is 9.44. The van der Waals surface area contributed by atoms with Crippen molar-refractivity contribution in [1.29, 1.82) is 0 Å². The Labute approximate surface area is 379 Å². The van der Waals surface area contributed by atoms with Crippen LogP contribution in [0.25, 0.3) is 0 Å². The van der Waals surface area contributed by atoms with Crippen LogP contribution in [0.15, 0.2) is 0 Å². The van der Waals surface area contributed by atoms with Crippen LogP contribution < -0.4 is 0 Å². The fourth-order valence-corrected chi connectivity index (χ4v) is 14.2. The fraction of sp³-hybridized carbons (Fsp3) is 1.00. The van der Waals surface area contributed by atoms with E-state index in [9.17, 15) is 66.4 Å². The highest BCUT2D eigenvalue weighted by molar-refractivity contribution is 5.18. The molecular weight excluding hydrogens is 860 g/mol. The molecule has 0 amide bonds. The Bertz CT molecular complexity index is 1600. The predicted molar refractivity (Wildman–Crippen MR) is 220 cm³/mol. The predicted octanol–water partition coefficient (Wildman–Crippen LogP) is -2.81. The number of aliphatic hydroxyl groups is 13. The molecule has 4 aliphatic carbocycles. The van der Waals surface area contributed by atoms with Gasteiger partial charge in [0.15, 0.2) is 24.7 Å². The molecule has 0 aromatic heterocycles. The first-order valence-electron chi connectivity index (χ1n) is 24.0. The molecule has 376 valence electrons. The summed E-state index contributed by atoms with van der Waals surface area (Å²) in [7, 11) is 0. The maximum atomic E-state index is 12.2. The van der Waals surface area contributed by atoms with Crippen LogP contribution >= 0.6 is 0 Å². The van der Waals surface area contributed by atoms with Crippen molar-refractivity contribution >= 4 is 0 Å². The lowest BCUT2D eigenvalue weighted by Crippen LogP contribution is -2.65. The van der Waals surface area contributed by atoms with Crippen LogP contribution in [0, 0.1) is 52.3 Å². The summed E-state index contributed by atoms with van der Waals surface area (Å²) in [4.78, 5) is 0. The van der Waals surface area contributed by atoms with Gasteiger partial charge in [-0.1, -0.05) is 27.7 Å². The Morgan fingerprint density at radius 2 is 1.18 bits per heavy atom. The number of hydrogen-bond acceptors (Lipinski definition) is 20. The van der Waals surface area contributed by atoms with E-state index in [1.807, 2.05) is 13.8 Å². The minimum Gasteiger partial charge on any atom is -0.394 e. The van der Waals surface area contributed by atoms with Crippen molar-refractivity contribution in [2.75, 3.05) is 26.4 Å². The molecule has 4 saturated heterocycles. The molecule has 8 fully saturated rings. The second-order valence-corrected chi connectivity index (χ2v) is 21.6. The van der Waals surface area contributed by atoms with E-state index in [-0.39, 0.29) is 65.5 Å². The highest BCUT2D eigenvalue weighted by atomic mass is 16.8. The van der Waals surface area contributed by atoms with Crippen molar-refractivity contribution in [3.05, 3.63) is 0 Å². The van der Waals surface area contributed by atoms with Gasteiger partial charge in [-0.25, -0.2) is 0 Å². The first-order valence-corrected chi connectivity index (χ1v) is 24.0. The molecule has 0 spiro atoms. The van der Waals surface area contributed by atoms with Crippen LogP contribution in [0.5, 0.6) is 0 Å². The normalized spacial score (nSPS) is 56.1. The molecule has 8 rings (SSSR count). The highest BCUT2D eigenvalue weighted by Crippen LogP contribution is 2.71. The van der Waals surface area contributed by atoms with Crippen LogP contribution in [0.3, 0.4) is 0 Å². The van der Waals surface area contributed by atoms with E-state index in [4.69, 9.17) is 33.2 Å². The summed E-state index contributed by atoms with van der Waals surface area (Å²) >= 11 is 0. The van der Waals surface area contributed by atoms with Gasteiger partial charge >= 0.3 is 0 Å².